The van der Waals surface area contributed by atoms with Crippen molar-refractivity contribution in [3.8, 4) is 16.9 Å². The number of thiophene rings is 1. The molecule has 5 heteroatoms. The highest BCUT2D eigenvalue weighted by atomic mass is 32.1. The van der Waals surface area contributed by atoms with Gasteiger partial charge in [-0.15, -0.1) is 0 Å². The zero-order valence-corrected chi connectivity index (χ0v) is 13.7. The third-order valence-corrected chi connectivity index (χ3v) is 3.98. The molecule has 1 amide bonds. The second kappa shape index (κ2) is 8.08. The van der Waals surface area contributed by atoms with Gasteiger partial charge in [0.25, 0.3) is 5.91 Å². The lowest BCUT2D eigenvalue weighted by Gasteiger charge is -2.10. The van der Waals surface area contributed by atoms with Crippen molar-refractivity contribution in [1.82, 2.24) is 5.43 Å². The summed E-state index contributed by atoms with van der Waals surface area (Å²) in [6.07, 6.45) is 1.60. The van der Waals surface area contributed by atoms with Gasteiger partial charge in [0.05, 0.1) is 6.21 Å². The monoisotopic (exact) mass is 336 g/mol. The van der Waals surface area contributed by atoms with Gasteiger partial charge < -0.3 is 4.74 Å². The van der Waals surface area contributed by atoms with Crippen molar-refractivity contribution in [2.24, 2.45) is 5.10 Å². The molecule has 0 atom stereocenters. The first-order valence-corrected chi connectivity index (χ1v) is 8.38. The number of nitrogens with zero attached hydrogens (tertiary/aromatic N) is 1. The van der Waals surface area contributed by atoms with Gasteiger partial charge in [0, 0.05) is 11.1 Å². The van der Waals surface area contributed by atoms with E-state index in [1.54, 1.807) is 17.6 Å². The summed E-state index contributed by atoms with van der Waals surface area (Å²) in [6.45, 7) is -0.0924. The summed E-state index contributed by atoms with van der Waals surface area (Å²) in [5, 5.41) is 7.81. The van der Waals surface area contributed by atoms with Crippen LogP contribution in [0.4, 0.5) is 0 Å². The second-order valence-electron chi connectivity index (χ2n) is 5.00. The Morgan fingerprint density at radius 2 is 1.88 bits per heavy atom. The van der Waals surface area contributed by atoms with Gasteiger partial charge in [-0.3, -0.25) is 4.79 Å². The summed E-state index contributed by atoms with van der Waals surface area (Å²) in [4.78, 5) is 11.8. The van der Waals surface area contributed by atoms with Gasteiger partial charge in [-0.2, -0.15) is 16.4 Å². The van der Waals surface area contributed by atoms with Gasteiger partial charge in [-0.25, -0.2) is 5.43 Å². The number of hydrogen-bond donors (Lipinski definition) is 1. The predicted molar refractivity (Wildman–Crippen MR) is 97.4 cm³/mol. The standard InChI is InChI=1S/C19H16N2O2S/c22-19(21-20-12-15-10-11-24-14-15)13-23-18-9-5-4-8-17(18)16-6-2-1-3-7-16/h1-12,14H,13H2,(H,21,22)/b20-12+. The van der Waals surface area contributed by atoms with Crippen LogP contribution in [0.3, 0.4) is 0 Å². The molecule has 0 aliphatic heterocycles. The molecule has 0 fully saturated rings. The summed E-state index contributed by atoms with van der Waals surface area (Å²) >= 11 is 1.58. The van der Waals surface area contributed by atoms with Gasteiger partial charge in [0.1, 0.15) is 5.75 Å². The predicted octanol–water partition coefficient (Wildman–Crippen LogP) is 3.94. The van der Waals surface area contributed by atoms with Gasteiger partial charge in [0.15, 0.2) is 6.61 Å². The molecule has 0 spiro atoms. The van der Waals surface area contributed by atoms with Gasteiger partial charge in [-0.05, 0) is 28.5 Å². The molecule has 0 unspecified atom stereocenters. The molecule has 0 saturated carbocycles. The topological polar surface area (TPSA) is 50.7 Å². The maximum Gasteiger partial charge on any atom is 0.277 e. The first kappa shape index (κ1) is 16.0. The van der Waals surface area contributed by atoms with Crippen molar-refractivity contribution in [3.05, 3.63) is 77.0 Å². The molecular weight excluding hydrogens is 320 g/mol. The van der Waals surface area contributed by atoms with Crippen LogP contribution in [0, 0.1) is 0 Å². The van der Waals surface area contributed by atoms with Crippen molar-refractivity contribution < 1.29 is 9.53 Å². The fourth-order valence-corrected chi connectivity index (χ4v) is 2.76. The minimum Gasteiger partial charge on any atom is -0.483 e. The highest BCUT2D eigenvalue weighted by Crippen LogP contribution is 2.29. The molecule has 0 aliphatic carbocycles. The van der Waals surface area contributed by atoms with Crippen LogP contribution in [0.25, 0.3) is 11.1 Å². The number of carbonyl (C=O) groups excluding carboxylic acids is 1. The zero-order valence-electron chi connectivity index (χ0n) is 12.9. The van der Waals surface area contributed by atoms with E-state index >= 15 is 0 Å². The van der Waals surface area contributed by atoms with Crippen LogP contribution in [0.15, 0.2) is 76.5 Å². The minimum atomic E-state index is -0.302. The minimum absolute atomic E-state index is 0.0924. The summed E-state index contributed by atoms with van der Waals surface area (Å²) < 4.78 is 5.66. The van der Waals surface area contributed by atoms with Crippen molar-refractivity contribution in [2.75, 3.05) is 6.61 Å². The quantitative estimate of drug-likeness (QED) is 0.547. The molecule has 0 saturated heterocycles. The van der Waals surface area contributed by atoms with Crippen molar-refractivity contribution in [1.29, 1.82) is 0 Å². The van der Waals surface area contributed by atoms with E-state index < -0.39 is 0 Å². The Hall–Kier alpha value is -2.92. The molecule has 3 aromatic rings. The van der Waals surface area contributed by atoms with Crippen LogP contribution >= 0.6 is 11.3 Å². The molecule has 2 aromatic carbocycles. The number of amides is 1. The Morgan fingerprint density at radius 3 is 2.67 bits per heavy atom. The summed E-state index contributed by atoms with van der Waals surface area (Å²) in [5.74, 6) is 0.366. The third-order valence-electron chi connectivity index (χ3n) is 3.28. The molecule has 0 aliphatic rings. The van der Waals surface area contributed by atoms with Crippen LogP contribution < -0.4 is 10.2 Å². The maximum atomic E-state index is 11.8. The highest BCUT2D eigenvalue weighted by molar-refractivity contribution is 7.08. The number of rotatable bonds is 6. The Morgan fingerprint density at radius 1 is 1.08 bits per heavy atom. The van der Waals surface area contributed by atoms with E-state index in [-0.39, 0.29) is 12.5 Å². The lowest BCUT2D eigenvalue weighted by molar-refractivity contribution is -0.123. The Balaban J connectivity index is 1.60. The van der Waals surface area contributed by atoms with Crippen LogP contribution in [-0.4, -0.2) is 18.7 Å². The SMILES string of the molecule is O=C(COc1ccccc1-c1ccccc1)N/N=C/c1ccsc1. The Labute approximate surface area is 144 Å². The zero-order chi connectivity index (χ0) is 16.6. The molecule has 3 rings (SSSR count). The molecule has 4 nitrogen and oxygen atoms in total. The van der Waals surface area contributed by atoms with Crippen molar-refractivity contribution >= 4 is 23.5 Å². The van der Waals surface area contributed by atoms with Crippen LogP contribution in [0.5, 0.6) is 5.75 Å². The van der Waals surface area contributed by atoms with E-state index in [0.717, 1.165) is 16.7 Å². The van der Waals surface area contributed by atoms with E-state index in [0.29, 0.717) is 5.75 Å². The smallest absolute Gasteiger partial charge is 0.277 e. The number of hydrazone groups is 1. The molecule has 24 heavy (non-hydrogen) atoms. The first-order chi connectivity index (χ1) is 11.8. The molecule has 0 radical (unpaired) electrons. The van der Waals surface area contributed by atoms with Gasteiger partial charge in [0.2, 0.25) is 0 Å². The lowest BCUT2D eigenvalue weighted by Crippen LogP contribution is -2.24. The molecule has 120 valence electrons. The fourth-order valence-electron chi connectivity index (χ4n) is 2.15. The molecule has 1 aromatic heterocycles. The first-order valence-electron chi connectivity index (χ1n) is 7.44. The third kappa shape index (κ3) is 4.30. The number of benzene rings is 2. The van der Waals surface area contributed by atoms with Crippen LogP contribution in [-0.2, 0) is 4.79 Å². The van der Waals surface area contributed by atoms with Crippen LogP contribution in [0.1, 0.15) is 5.56 Å². The van der Waals surface area contributed by atoms with E-state index in [9.17, 15) is 4.79 Å². The Kier molecular flexibility index (Phi) is 5.37. The van der Waals surface area contributed by atoms with Crippen molar-refractivity contribution in [3.63, 3.8) is 0 Å². The lowest BCUT2D eigenvalue weighted by atomic mass is 10.1. The molecule has 0 bridgehead atoms. The molecular formula is C19H16N2O2S. The molecule has 1 heterocycles. The number of ether oxygens (including phenoxy) is 1. The maximum absolute atomic E-state index is 11.8. The summed E-state index contributed by atoms with van der Waals surface area (Å²) in [7, 11) is 0. The van der Waals surface area contributed by atoms with Crippen LogP contribution in [0.2, 0.25) is 0 Å². The molecule has 1 N–H and O–H groups in total. The van der Waals surface area contributed by atoms with Crippen molar-refractivity contribution in [2.45, 2.75) is 0 Å². The van der Waals surface area contributed by atoms with E-state index in [1.165, 1.54) is 0 Å². The Bertz CT molecular complexity index is 814. The average molecular weight is 336 g/mol. The summed E-state index contributed by atoms with van der Waals surface area (Å²) in [5.41, 5.74) is 5.41. The normalized spacial score (nSPS) is 10.7. The fraction of sp³-hybridized carbons (Fsp3) is 0.0526. The number of hydrogen-bond acceptors (Lipinski definition) is 4. The van der Waals surface area contributed by atoms with E-state index in [2.05, 4.69) is 10.5 Å². The second-order valence-corrected chi connectivity index (χ2v) is 5.78. The number of para-hydroxylation sites is 1. The number of carbonyl (C=O) groups is 1. The number of nitrogens with one attached hydrogen (secondary N) is 1. The summed E-state index contributed by atoms with van der Waals surface area (Å²) in [6, 6.07) is 19.5. The van der Waals surface area contributed by atoms with E-state index in [4.69, 9.17) is 4.74 Å². The van der Waals surface area contributed by atoms with E-state index in [1.807, 2.05) is 71.4 Å². The highest BCUT2D eigenvalue weighted by Gasteiger charge is 2.07. The van der Waals surface area contributed by atoms with Gasteiger partial charge in [-0.1, -0.05) is 48.5 Å². The van der Waals surface area contributed by atoms with Gasteiger partial charge >= 0.3 is 0 Å². The average Bonchev–Trinajstić information content (AvgIpc) is 3.14. The largest absolute Gasteiger partial charge is 0.483 e.